The minimum atomic E-state index is -1.22. The second kappa shape index (κ2) is 28.5. The molecule has 4 heterocycles. The first-order valence-electron chi connectivity index (χ1n) is 28.5. The average molecular weight is 1210 g/mol. The van der Waals surface area contributed by atoms with Gasteiger partial charge in [0.05, 0.1) is 43.8 Å². The Balaban J connectivity index is 0.00000369. The summed E-state index contributed by atoms with van der Waals surface area (Å²) >= 11 is 0. The number of ether oxygens (including phenoxy) is 1. The number of morpholine rings is 1. The van der Waals surface area contributed by atoms with Crippen molar-refractivity contribution in [2.45, 2.75) is 135 Å². The monoisotopic (exact) mass is 1200 g/mol. The third-order valence-electron chi connectivity index (χ3n) is 17.1. The number of halogens is 4. The van der Waals surface area contributed by atoms with Gasteiger partial charge in [0.2, 0.25) is 35.4 Å². The van der Waals surface area contributed by atoms with Crippen LogP contribution in [-0.2, 0) is 64.7 Å². The fraction of sp³-hybridized carbons (Fsp3) is 0.516. The van der Waals surface area contributed by atoms with Crippen molar-refractivity contribution in [2.75, 3.05) is 76.3 Å². The van der Waals surface area contributed by atoms with Crippen molar-refractivity contribution in [3.8, 4) is 0 Å². The second-order valence-electron chi connectivity index (χ2n) is 24.1. The number of carbonyl (C=O) groups excluding carboxylic acids is 6. The molecular weight excluding hydrogens is 1120 g/mol. The van der Waals surface area contributed by atoms with Gasteiger partial charge in [-0.3, -0.25) is 38.6 Å². The van der Waals surface area contributed by atoms with Crippen LogP contribution in [0.3, 0.4) is 0 Å². The minimum Gasteiger partial charge on any atom is -0.379 e. The molecule has 1 aliphatic carbocycles. The number of rotatable bonds is 16. The van der Waals surface area contributed by atoms with Crippen LogP contribution in [0.5, 0.6) is 0 Å². The molecule has 6 N–H and O–H groups in total. The molecule has 4 aromatic carbocycles. The first-order valence-corrected chi connectivity index (χ1v) is 28.5. The molecule has 4 aliphatic heterocycles. The summed E-state index contributed by atoms with van der Waals surface area (Å²) in [6.45, 7) is 17.7. The number of hydrogen-bond acceptors (Lipinski definition) is 11. The highest BCUT2D eigenvalue weighted by atomic mass is 35.5. The van der Waals surface area contributed by atoms with Crippen LogP contribution >= 0.6 is 37.2 Å². The lowest BCUT2D eigenvalue weighted by molar-refractivity contribution is -0.147. The number of carbonyl (C=O) groups is 6. The smallest absolute Gasteiger partial charge is 0.246 e. The van der Waals surface area contributed by atoms with Gasteiger partial charge in [-0.25, -0.2) is 4.39 Å². The molecule has 0 aromatic heterocycles. The van der Waals surface area contributed by atoms with Gasteiger partial charge in [-0.1, -0.05) is 75.4 Å². The van der Waals surface area contributed by atoms with Crippen LogP contribution < -0.4 is 36.8 Å². The molecule has 2 saturated heterocycles. The molecule has 2 fully saturated rings. The normalized spacial score (nSPS) is 23.0. The molecule has 9 rings (SSSR count). The topological polar surface area (TPSA) is 197 Å². The van der Waals surface area contributed by atoms with Crippen molar-refractivity contribution in [1.82, 2.24) is 41.3 Å². The largest absolute Gasteiger partial charge is 0.379 e. The molecule has 83 heavy (non-hydrogen) atoms. The minimum absolute atomic E-state index is 0. The molecule has 0 radical (unpaired) electrons. The van der Waals surface area contributed by atoms with Gasteiger partial charge in [-0.15, -0.1) is 37.2 Å². The van der Waals surface area contributed by atoms with Crippen molar-refractivity contribution in [3.63, 3.8) is 0 Å². The summed E-state index contributed by atoms with van der Waals surface area (Å²) in [5.74, 6) is -2.39. The van der Waals surface area contributed by atoms with Gasteiger partial charge < -0.3 is 46.4 Å². The number of benzene rings is 4. The highest BCUT2D eigenvalue weighted by Gasteiger charge is 2.48. The maximum absolute atomic E-state index is 14.9. The molecule has 3 unspecified atom stereocenters. The Hall–Kier alpha value is -5.70. The molecule has 452 valence electrons. The summed E-state index contributed by atoms with van der Waals surface area (Å²) in [6, 6.07) is 23.5. The molecule has 4 aromatic rings. The lowest BCUT2D eigenvalue weighted by Gasteiger charge is -2.43. The van der Waals surface area contributed by atoms with Crippen molar-refractivity contribution in [1.29, 1.82) is 0 Å². The zero-order valence-corrected chi connectivity index (χ0v) is 51.4. The Kier molecular flexibility index (Phi) is 22.8. The van der Waals surface area contributed by atoms with Gasteiger partial charge in [-0.05, 0) is 135 Å². The van der Waals surface area contributed by atoms with Crippen molar-refractivity contribution >= 4 is 84.0 Å². The first-order chi connectivity index (χ1) is 38.2. The predicted octanol–water partition coefficient (Wildman–Crippen LogP) is 6.01. The SMILES string of the molecule is CNC(C)C(=O)NC(C(=O)N1Cc2cc(NC(=O)CNC(=O)C3(C)CN(C(=O)CN4C[C@@H](C)NC[C@@H]4CN4CCOC[C@H]4C)c4cc(Cc5ccc(F)cc5)ccc43)ccc2C[C@H]1C(=O)N[C@@H]1CCCc2ccccc21)C(C)(C)C.Cl.Cl.Cl. The predicted molar refractivity (Wildman–Crippen MR) is 328 cm³/mol. The zero-order chi connectivity index (χ0) is 57.0. The van der Waals surface area contributed by atoms with Gasteiger partial charge in [-0.2, -0.15) is 0 Å². The second-order valence-corrected chi connectivity index (χ2v) is 24.1. The average Bonchev–Trinajstić information content (AvgIpc) is 3.88. The lowest BCUT2D eigenvalue weighted by Crippen LogP contribution is -2.62. The molecule has 8 atom stereocenters. The quantitative estimate of drug-likeness (QED) is 0.0769. The number of fused-ring (bicyclic) bond motifs is 3. The van der Waals surface area contributed by atoms with Crippen LogP contribution in [0.1, 0.15) is 106 Å². The summed E-state index contributed by atoms with van der Waals surface area (Å²) in [4.78, 5) is 94.1. The van der Waals surface area contributed by atoms with Crippen molar-refractivity contribution < 1.29 is 37.9 Å². The van der Waals surface area contributed by atoms with E-state index in [0.717, 1.165) is 66.7 Å². The van der Waals surface area contributed by atoms with Crippen LogP contribution in [0.2, 0.25) is 0 Å². The fourth-order valence-electron chi connectivity index (χ4n) is 12.2. The Morgan fingerprint density at radius 1 is 0.892 bits per heavy atom. The van der Waals surface area contributed by atoms with Gasteiger partial charge in [0.1, 0.15) is 17.9 Å². The van der Waals surface area contributed by atoms with E-state index >= 15 is 0 Å². The molecule has 17 nitrogen and oxygen atoms in total. The van der Waals surface area contributed by atoms with Gasteiger partial charge in [0, 0.05) is 75.2 Å². The van der Waals surface area contributed by atoms with E-state index in [4.69, 9.17) is 4.74 Å². The Morgan fingerprint density at radius 3 is 2.35 bits per heavy atom. The number of likely N-dealkylation sites (N-methyl/N-ethyl adjacent to an activating group) is 1. The molecule has 0 bridgehead atoms. The number of hydrogen-bond donors (Lipinski definition) is 6. The third kappa shape index (κ3) is 15.4. The van der Waals surface area contributed by atoms with Crippen molar-refractivity contribution in [2.24, 2.45) is 5.41 Å². The van der Waals surface area contributed by atoms with E-state index < -0.39 is 46.7 Å². The van der Waals surface area contributed by atoms with Crippen LogP contribution in [0.25, 0.3) is 0 Å². The lowest BCUT2D eigenvalue weighted by atomic mass is 9.83. The van der Waals surface area contributed by atoms with Gasteiger partial charge >= 0.3 is 0 Å². The number of nitrogens with zero attached hydrogens (tertiary/aromatic N) is 4. The summed E-state index contributed by atoms with van der Waals surface area (Å²) in [6.07, 6.45) is 3.31. The summed E-state index contributed by atoms with van der Waals surface area (Å²) in [5, 5.41) is 18.6. The molecule has 0 spiro atoms. The summed E-state index contributed by atoms with van der Waals surface area (Å²) in [7, 11) is 1.67. The number of nitrogens with one attached hydrogen (secondary N) is 6. The summed E-state index contributed by atoms with van der Waals surface area (Å²) < 4.78 is 19.6. The summed E-state index contributed by atoms with van der Waals surface area (Å²) in [5.41, 5.74) is 5.41. The highest BCUT2D eigenvalue weighted by Crippen LogP contribution is 2.42. The first kappa shape index (κ1) is 66.4. The van der Waals surface area contributed by atoms with Crippen LogP contribution in [0.15, 0.2) is 84.9 Å². The molecule has 6 amide bonds. The molecule has 0 saturated carbocycles. The maximum Gasteiger partial charge on any atom is 0.246 e. The van der Waals surface area contributed by atoms with E-state index in [9.17, 15) is 33.2 Å². The Morgan fingerprint density at radius 2 is 1.63 bits per heavy atom. The van der Waals surface area contributed by atoms with Gasteiger partial charge in [0.15, 0.2) is 0 Å². The number of amides is 6. The maximum atomic E-state index is 14.9. The fourth-order valence-corrected chi connectivity index (χ4v) is 12.2. The van der Waals surface area contributed by atoms with E-state index in [1.54, 1.807) is 55.0 Å². The highest BCUT2D eigenvalue weighted by molar-refractivity contribution is 6.04. The Bertz CT molecular complexity index is 2970. The molecule has 21 heteroatoms. The van der Waals surface area contributed by atoms with Crippen molar-refractivity contribution in [3.05, 3.63) is 130 Å². The third-order valence-corrected chi connectivity index (χ3v) is 17.1. The van der Waals surface area contributed by atoms with Crippen LogP contribution in [0.4, 0.5) is 15.8 Å². The van der Waals surface area contributed by atoms with E-state index in [1.165, 1.54) is 17.7 Å². The van der Waals surface area contributed by atoms with E-state index in [1.807, 2.05) is 63.2 Å². The molecule has 5 aliphatic rings. The number of piperazine rings is 1. The van der Waals surface area contributed by atoms with Crippen LogP contribution in [-0.4, -0.2) is 152 Å². The van der Waals surface area contributed by atoms with E-state index in [2.05, 4.69) is 61.6 Å². The Labute approximate surface area is 506 Å². The van der Waals surface area contributed by atoms with Crippen LogP contribution in [0, 0.1) is 11.2 Å². The van der Waals surface area contributed by atoms with Gasteiger partial charge in [0.25, 0.3) is 0 Å². The number of anilines is 2. The van der Waals surface area contributed by atoms with E-state index in [0.29, 0.717) is 43.1 Å². The number of aryl methyl sites for hydroxylation is 1. The zero-order valence-electron chi connectivity index (χ0n) is 49.0. The van der Waals surface area contributed by atoms with E-state index in [-0.39, 0.29) is 118 Å². The molecular formula is C62H84Cl3FN10O7. The standard InChI is InChI=1S/C62H81FN10O7.3ClH/c1-38-32-71(48(30-65-38)34-70-24-25-80-36-39(70)2)35-55(75)73-37-62(7,50-23-18-42(27-52(50)73)26-41-16-20-46(63)21-17-41)60(79)66-31-54(74)67-47-22-19-44-29-53(58(77)68-51-15-11-13-43-12-9-10-14-49(43)51)72(33-45(44)28-47)59(78)56(61(4,5)6)69-57(76)40(3)64-8;;;/h9-10,12,14,16-23,27-28,38-40,48,51,53,56,64-65H,11,13,15,24-26,29-37H2,1-8H3,(H,66,79)(H,67,74)(H,68,77)(H,69,76);3*1H/t38-,39-,40?,48-,51-,53+,56?,62?;;;/m1.../s1.